The summed E-state index contributed by atoms with van der Waals surface area (Å²) in [6, 6.07) is 2.45. The van der Waals surface area contributed by atoms with E-state index in [0.29, 0.717) is 6.07 Å². The van der Waals surface area contributed by atoms with E-state index in [1.807, 2.05) is 0 Å². The van der Waals surface area contributed by atoms with Crippen molar-refractivity contribution >= 4 is 9.84 Å². The third-order valence-electron chi connectivity index (χ3n) is 1.64. The fourth-order valence-electron chi connectivity index (χ4n) is 0.943. The van der Waals surface area contributed by atoms with Gasteiger partial charge in [0, 0.05) is 6.54 Å². The Bertz CT molecular complexity index is 431. The summed E-state index contributed by atoms with van der Waals surface area (Å²) in [7, 11) is -3.58. The van der Waals surface area contributed by atoms with Crippen molar-refractivity contribution in [1.29, 1.82) is 0 Å². The first-order chi connectivity index (χ1) is 6.47. The summed E-state index contributed by atoms with van der Waals surface area (Å²) < 4.78 is 47.8. The molecule has 78 valence electrons. The summed E-state index contributed by atoms with van der Waals surface area (Å²) in [5.41, 5.74) is 5.07. The standard InChI is InChI=1S/C8H9F2NO2S/c9-7-2-1-6(5-8(7)10)14(12,13)4-3-11/h1-2,5H,3-4,11H2. The highest BCUT2D eigenvalue weighted by molar-refractivity contribution is 7.91. The molecule has 0 aliphatic rings. The molecule has 0 aliphatic heterocycles. The van der Waals surface area contributed by atoms with Crippen LogP contribution >= 0.6 is 0 Å². The predicted octanol–water partition coefficient (Wildman–Crippen LogP) is 0.697. The third kappa shape index (κ3) is 2.27. The van der Waals surface area contributed by atoms with Crippen LogP contribution in [0, 0.1) is 11.6 Å². The highest BCUT2D eigenvalue weighted by Gasteiger charge is 2.15. The Balaban J connectivity index is 3.15. The minimum atomic E-state index is -3.58. The molecule has 0 aliphatic carbocycles. The number of halogens is 2. The van der Waals surface area contributed by atoms with Crippen molar-refractivity contribution in [3.05, 3.63) is 29.8 Å². The maximum absolute atomic E-state index is 12.7. The Morgan fingerprint density at radius 2 is 1.86 bits per heavy atom. The van der Waals surface area contributed by atoms with E-state index < -0.39 is 21.5 Å². The van der Waals surface area contributed by atoms with E-state index in [1.54, 1.807) is 0 Å². The molecule has 0 saturated carbocycles. The number of hydrogen-bond acceptors (Lipinski definition) is 3. The maximum atomic E-state index is 12.7. The number of rotatable bonds is 3. The van der Waals surface area contributed by atoms with Gasteiger partial charge in [0.1, 0.15) is 0 Å². The van der Waals surface area contributed by atoms with Gasteiger partial charge in [-0.15, -0.1) is 0 Å². The molecule has 0 amide bonds. The van der Waals surface area contributed by atoms with Crippen molar-refractivity contribution in [3.8, 4) is 0 Å². The lowest BCUT2D eigenvalue weighted by atomic mass is 10.3. The second kappa shape index (κ2) is 4.02. The smallest absolute Gasteiger partial charge is 0.179 e. The second-order valence-electron chi connectivity index (χ2n) is 2.68. The van der Waals surface area contributed by atoms with Gasteiger partial charge in [-0.05, 0) is 18.2 Å². The Morgan fingerprint density at radius 1 is 1.21 bits per heavy atom. The van der Waals surface area contributed by atoms with E-state index in [-0.39, 0.29) is 17.2 Å². The molecule has 0 bridgehead atoms. The quantitative estimate of drug-likeness (QED) is 0.764. The summed E-state index contributed by atoms with van der Waals surface area (Å²) >= 11 is 0. The van der Waals surface area contributed by atoms with Gasteiger partial charge in [-0.1, -0.05) is 0 Å². The molecule has 1 aromatic rings. The van der Waals surface area contributed by atoms with Gasteiger partial charge >= 0.3 is 0 Å². The minimum absolute atomic E-state index is 0.0542. The lowest BCUT2D eigenvalue weighted by molar-refractivity contribution is 0.504. The summed E-state index contributed by atoms with van der Waals surface area (Å²) in [6.07, 6.45) is 0. The van der Waals surface area contributed by atoms with Gasteiger partial charge < -0.3 is 5.73 Å². The van der Waals surface area contributed by atoms with Gasteiger partial charge in [-0.25, -0.2) is 17.2 Å². The van der Waals surface area contributed by atoms with Gasteiger partial charge in [-0.3, -0.25) is 0 Å². The highest BCUT2D eigenvalue weighted by Crippen LogP contribution is 2.14. The third-order valence-corrected chi connectivity index (χ3v) is 3.38. The topological polar surface area (TPSA) is 60.2 Å². The Morgan fingerprint density at radius 3 is 2.36 bits per heavy atom. The zero-order chi connectivity index (χ0) is 10.8. The van der Waals surface area contributed by atoms with Crippen molar-refractivity contribution in [2.45, 2.75) is 4.90 Å². The van der Waals surface area contributed by atoms with Crippen LogP contribution in [0.4, 0.5) is 8.78 Å². The van der Waals surface area contributed by atoms with Gasteiger partial charge in [0.05, 0.1) is 10.6 Å². The average Bonchev–Trinajstić information content (AvgIpc) is 2.09. The van der Waals surface area contributed by atoms with Crippen molar-refractivity contribution in [2.75, 3.05) is 12.3 Å². The van der Waals surface area contributed by atoms with Crippen LogP contribution in [-0.2, 0) is 9.84 Å². The normalized spacial score (nSPS) is 11.6. The van der Waals surface area contributed by atoms with E-state index in [2.05, 4.69) is 0 Å². The molecule has 0 atom stereocenters. The van der Waals surface area contributed by atoms with Crippen LogP contribution in [-0.4, -0.2) is 20.7 Å². The Kier molecular flexibility index (Phi) is 3.17. The first kappa shape index (κ1) is 11.1. The lowest BCUT2D eigenvalue weighted by Crippen LogP contribution is -2.16. The molecule has 14 heavy (non-hydrogen) atoms. The van der Waals surface area contributed by atoms with Crippen molar-refractivity contribution in [3.63, 3.8) is 0 Å². The molecule has 0 fully saturated rings. The molecule has 0 radical (unpaired) electrons. The van der Waals surface area contributed by atoms with Crippen LogP contribution in [0.1, 0.15) is 0 Å². The summed E-state index contributed by atoms with van der Waals surface area (Å²) in [5, 5.41) is 0. The first-order valence-electron chi connectivity index (χ1n) is 3.85. The molecule has 3 nitrogen and oxygen atoms in total. The highest BCUT2D eigenvalue weighted by atomic mass is 32.2. The molecular weight excluding hydrogens is 212 g/mol. The molecule has 6 heteroatoms. The molecular formula is C8H9F2NO2S. The Labute approximate surface area is 80.5 Å². The van der Waals surface area contributed by atoms with Crippen LogP contribution in [0.3, 0.4) is 0 Å². The number of hydrogen-bond donors (Lipinski definition) is 1. The molecule has 1 rings (SSSR count). The van der Waals surface area contributed by atoms with E-state index >= 15 is 0 Å². The van der Waals surface area contributed by atoms with Crippen molar-refractivity contribution < 1.29 is 17.2 Å². The molecule has 1 aromatic carbocycles. The minimum Gasteiger partial charge on any atom is -0.329 e. The van der Waals surface area contributed by atoms with Crippen molar-refractivity contribution in [2.24, 2.45) is 5.73 Å². The summed E-state index contributed by atoms with van der Waals surface area (Å²) in [6.45, 7) is -0.0542. The molecule has 0 unspecified atom stereocenters. The molecule has 2 N–H and O–H groups in total. The summed E-state index contributed by atoms with van der Waals surface area (Å²) in [4.78, 5) is -0.248. The maximum Gasteiger partial charge on any atom is 0.179 e. The van der Waals surface area contributed by atoms with E-state index in [0.717, 1.165) is 12.1 Å². The average molecular weight is 221 g/mol. The number of nitrogens with two attached hydrogens (primary N) is 1. The van der Waals surface area contributed by atoms with E-state index in [4.69, 9.17) is 5.73 Å². The van der Waals surface area contributed by atoms with Gasteiger partial charge in [0.25, 0.3) is 0 Å². The largest absolute Gasteiger partial charge is 0.329 e. The first-order valence-corrected chi connectivity index (χ1v) is 5.50. The van der Waals surface area contributed by atoms with E-state index in [9.17, 15) is 17.2 Å². The fraction of sp³-hybridized carbons (Fsp3) is 0.250. The molecule has 0 spiro atoms. The van der Waals surface area contributed by atoms with Crippen LogP contribution in [0.2, 0.25) is 0 Å². The van der Waals surface area contributed by atoms with Crippen LogP contribution < -0.4 is 5.73 Å². The van der Waals surface area contributed by atoms with Crippen molar-refractivity contribution in [1.82, 2.24) is 0 Å². The second-order valence-corrected chi connectivity index (χ2v) is 4.79. The fourth-order valence-corrected chi connectivity index (χ4v) is 2.05. The SMILES string of the molecule is NCCS(=O)(=O)c1ccc(F)c(F)c1. The van der Waals surface area contributed by atoms with Crippen LogP contribution in [0.5, 0.6) is 0 Å². The monoisotopic (exact) mass is 221 g/mol. The number of sulfone groups is 1. The van der Waals surface area contributed by atoms with Gasteiger partial charge in [0.2, 0.25) is 0 Å². The molecule has 0 heterocycles. The van der Waals surface area contributed by atoms with Gasteiger partial charge in [-0.2, -0.15) is 0 Å². The molecule has 0 aromatic heterocycles. The zero-order valence-corrected chi connectivity index (χ0v) is 8.02. The lowest BCUT2D eigenvalue weighted by Gasteiger charge is -2.02. The summed E-state index contributed by atoms with van der Waals surface area (Å²) in [5.74, 6) is -2.53. The van der Waals surface area contributed by atoms with Gasteiger partial charge in [0.15, 0.2) is 21.5 Å². The Hall–Kier alpha value is -1.01. The van der Waals surface area contributed by atoms with E-state index in [1.165, 1.54) is 0 Å². The zero-order valence-electron chi connectivity index (χ0n) is 7.20. The van der Waals surface area contributed by atoms with Crippen LogP contribution in [0.15, 0.2) is 23.1 Å². The predicted molar refractivity (Wildman–Crippen MR) is 47.5 cm³/mol. The molecule has 0 saturated heterocycles. The van der Waals surface area contributed by atoms with Crippen LogP contribution in [0.25, 0.3) is 0 Å². The number of benzene rings is 1.